The van der Waals surface area contributed by atoms with Gasteiger partial charge in [0.25, 0.3) is 5.91 Å². The van der Waals surface area contributed by atoms with Crippen LogP contribution >= 0.6 is 0 Å². The average Bonchev–Trinajstić information content (AvgIpc) is 3.95. The minimum atomic E-state index is -0.467. The fraction of sp³-hybridized carbons (Fsp3) is 0.324. The fourth-order valence-corrected chi connectivity index (χ4v) is 5.60. The molecule has 42 heavy (non-hydrogen) atoms. The lowest BCUT2D eigenvalue weighted by atomic mass is 10.0. The van der Waals surface area contributed by atoms with Crippen molar-refractivity contribution < 1.29 is 28.6 Å². The number of rotatable bonds is 11. The maximum absolute atomic E-state index is 13.8. The van der Waals surface area contributed by atoms with E-state index in [2.05, 4.69) is 0 Å². The van der Waals surface area contributed by atoms with Gasteiger partial charge in [0.2, 0.25) is 5.78 Å². The molecular weight excluding hydrogens is 532 g/mol. The minimum absolute atomic E-state index is 0.0542. The van der Waals surface area contributed by atoms with Crippen LogP contribution in [0.15, 0.2) is 66.7 Å². The van der Waals surface area contributed by atoms with Crippen molar-refractivity contribution in [2.75, 3.05) is 25.7 Å². The number of amides is 1. The Morgan fingerprint density at radius 2 is 1.60 bits per heavy atom. The third-order valence-corrected chi connectivity index (χ3v) is 7.93. The Balaban J connectivity index is 1.63. The van der Waals surface area contributed by atoms with Gasteiger partial charge in [0.05, 0.1) is 32.0 Å². The van der Waals surface area contributed by atoms with Gasteiger partial charge in [-0.2, -0.15) is 0 Å². The molecule has 2 aliphatic carbocycles. The van der Waals surface area contributed by atoms with Crippen molar-refractivity contribution in [3.63, 3.8) is 0 Å². The third kappa shape index (κ3) is 5.13. The second-order valence-corrected chi connectivity index (χ2v) is 10.8. The number of hydrogen-bond acceptors (Lipinski definition) is 6. The van der Waals surface area contributed by atoms with Gasteiger partial charge >= 0.3 is 5.97 Å². The Morgan fingerprint density at radius 1 is 0.881 bits per heavy atom. The van der Waals surface area contributed by atoms with Crippen molar-refractivity contribution in [1.82, 2.24) is 4.57 Å². The number of aromatic nitrogens is 1. The van der Waals surface area contributed by atoms with E-state index in [4.69, 9.17) is 14.2 Å². The fourth-order valence-electron chi connectivity index (χ4n) is 5.60. The number of hydrogen-bond donors (Lipinski definition) is 0. The normalized spacial score (nSPS) is 14.5. The molecule has 8 nitrogen and oxygen atoms in total. The van der Waals surface area contributed by atoms with Gasteiger partial charge in [-0.3, -0.25) is 9.59 Å². The molecule has 2 fully saturated rings. The molecule has 2 aliphatic rings. The standard InChI is InChI=1S/C34H34N2O6/c1-4-42-34(39)31-29(22-13-17-25(40-2)18-14-22)27-9-6-10-28(36(24-15-16-24)33(38)32(37)23-11-12-23)30(27)35(31)20-21-7-5-8-26(19-21)41-3/h5-10,13-14,17-19,23-24H,4,11-12,15-16,20H2,1-3H3. The molecule has 1 aromatic heterocycles. The number of anilines is 1. The molecule has 0 saturated heterocycles. The predicted octanol–water partition coefficient (Wildman–Crippen LogP) is 6.03. The first-order chi connectivity index (χ1) is 20.4. The molecule has 0 unspecified atom stereocenters. The largest absolute Gasteiger partial charge is 0.497 e. The first-order valence-electron chi connectivity index (χ1n) is 14.4. The van der Waals surface area contributed by atoms with Crippen molar-refractivity contribution in [3.8, 4) is 22.6 Å². The third-order valence-electron chi connectivity index (χ3n) is 7.93. The summed E-state index contributed by atoms with van der Waals surface area (Å²) in [6.07, 6.45) is 3.17. The van der Waals surface area contributed by atoms with Crippen LogP contribution in [-0.2, 0) is 20.9 Å². The van der Waals surface area contributed by atoms with E-state index in [1.807, 2.05) is 71.3 Å². The number of methoxy groups -OCH3 is 2. The molecule has 0 N–H and O–H groups in total. The summed E-state index contributed by atoms with van der Waals surface area (Å²) in [5.41, 5.74) is 4.13. The number of ketones is 1. The Kier molecular flexibility index (Phi) is 7.45. The summed E-state index contributed by atoms with van der Waals surface area (Å²) in [5, 5.41) is 0.793. The van der Waals surface area contributed by atoms with Crippen LogP contribution in [0.1, 0.15) is 48.7 Å². The maximum Gasteiger partial charge on any atom is 0.355 e. The van der Waals surface area contributed by atoms with Gasteiger partial charge in [0, 0.05) is 29.5 Å². The molecule has 6 rings (SSSR count). The number of ether oxygens (including phenoxy) is 3. The second-order valence-electron chi connectivity index (χ2n) is 10.8. The number of esters is 1. The molecule has 8 heteroatoms. The van der Waals surface area contributed by atoms with E-state index >= 15 is 0 Å². The Labute approximate surface area is 244 Å². The van der Waals surface area contributed by atoms with Gasteiger partial charge in [-0.25, -0.2) is 4.79 Å². The zero-order valence-electron chi connectivity index (χ0n) is 24.1. The van der Waals surface area contributed by atoms with Gasteiger partial charge in [-0.15, -0.1) is 0 Å². The quantitative estimate of drug-likeness (QED) is 0.163. The summed E-state index contributed by atoms with van der Waals surface area (Å²) in [6.45, 7) is 2.30. The molecule has 216 valence electrons. The number of nitrogens with zero attached hydrogens (tertiary/aromatic N) is 2. The SMILES string of the molecule is CCOC(=O)c1c(-c2ccc(OC)cc2)c2cccc(N(C(=O)C(=O)C3CC3)C3CC3)c2n1Cc1cccc(OC)c1. The molecule has 2 saturated carbocycles. The van der Waals surface area contributed by atoms with Crippen LogP contribution in [-0.4, -0.2) is 49.1 Å². The number of fused-ring (bicyclic) bond motifs is 1. The van der Waals surface area contributed by atoms with Crippen LogP contribution in [0.2, 0.25) is 0 Å². The van der Waals surface area contributed by atoms with E-state index in [0.29, 0.717) is 40.5 Å². The molecule has 4 aromatic rings. The monoisotopic (exact) mass is 566 g/mol. The smallest absolute Gasteiger partial charge is 0.355 e. The zero-order chi connectivity index (χ0) is 29.4. The van der Waals surface area contributed by atoms with E-state index in [9.17, 15) is 14.4 Å². The number of Topliss-reactive ketones (excluding diaryl/α,β-unsaturated/α-hetero) is 1. The first-order valence-corrected chi connectivity index (χ1v) is 14.4. The summed E-state index contributed by atoms with van der Waals surface area (Å²) in [6, 6.07) is 20.9. The molecular formula is C34H34N2O6. The van der Waals surface area contributed by atoms with Gasteiger partial charge in [-0.1, -0.05) is 36.4 Å². The van der Waals surface area contributed by atoms with Crippen LogP contribution in [0.5, 0.6) is 11.5 Å². The van der Waals surface area contributed by atoms with Gasteiger partial charge in [0.1, 0.15) is 17.2 Å². The predicted molar refractivity (Wildman–Crippen MR) is 160 cm³/mol. The average molecular weight is 567 g/mol. The highest BCUT2D eigenvalue weighted by Gasteiger charge is 2.43. The lowest BCUT2D eigenvalue weighted by molar-refractivity contribution is -0.137. The molecule has 3 aromatic carbocycles. The van der Waals surface area contributed by atoms with E-state index < -0.39 is 11.9 Å². The Bertz CT molecular complexity index is 1660. The van der Waals surface area contributed by atoms with Gasteiger partial charge < -0.3 is 23.7 Å². The minimum Gasteiger partial charge on any atom is -0.497 e. The molecule has 0 radical (unpaired) electrons. The second kappa shape index (κ2) is 11.4. The van der Waals surface area contributed by atoms with Crippen molar-refractivity contribution >= 4 is 34.3 Å². The van der Waals surface area contributed by atoms with Crippen LogP contribution in [0.4, 0.5) is 5.69 Å². The van der Waals surface area contributed by atoms with Crippen LogP contribution in [0, 0.1) is 5.92 Å². The Hall–Kier alpha value is -4.59. The number of carbonyl (C=O) groups is 3. The van der Waals surface area contributed by atoms with E-state index in [-0.39, 0.29) is 24.3 Å². The molecule has 0 bridgehead atoms. The maximum atomic E-state index is 13.8. The summed E-state index contributed by atoms with van der Waals surface area (Å²) in [5.74, 6) is -0.0577. The highest BCUT2D eigenvalue weighted by molar-refractivity contribution is 6.43. The summed E-state index contributed by atoms with van der Waals surface area (Å²) >= 11 is 0. The summed E-state index contributed by atoms with van der Waals surface area (Å²) < 4.78 is 18.4. The lowest BCUT2D eigenvalue weighted by Gasteiger charge is -2.24. The molecule has 0 aliphatic heterocycles. The van der Waals surface area contributed by atoms with Crippen LogP contribution in [0.25, 0.3) is 22.0 Å². The zero-order valence-corrected chi connectivity index (χ0v) is 24.1. The molecule has 1 amide bonds. The highest BCUT2D eigenvalue weighted by atomic mass is 16.5. The molecule has 1 heterocycles. The number of para-hydroxylation sites is 1. The lowest BCUT2D eigenvalue weighted by Crippen LogP contribution is -2.39. The topological polar surface area (TPSA) is 87.1 Å². The Morgan fingerprint density at radius 3 is 2.24 bits per heavy atom. The first kappa shape index (κ1) is 27.6. The van der Waals surface area contributed by atoms with E-state index in [1.165, 1.54) is 0 Å². The number of benzene rings is 3. The van der Waals surface area contributed by atoms with Crippen molar-refractivity contribution in [2.45, 2.75) is 45.2 Å². The highest BCUT2D eigenvalue weighted by Crippen LogP contribution is 2.44. The van der Waals surface area contributed by atoms with Crippen LogP contribution < -0.4 is 14.4 Å². The number of carbonyl (C=O) groups excluding carboxylic acids is 3. The van der Waals surface area contributed by atoms with E-state index in [0.717, 1.165) is 42.2 Å². The van der Waals surface area contributed by atoms with Crippen molar-refractivity contribution in [2.24, 2.45) is 5.92 Å². The van der Waals surface area contributed by atoms with E-state index in [1.54, 1.807) is 26.0 Å². The summed E-state index contributed by atoms with van der Waals surface area (Å²) in [7, 11) is 3.22. The van der Waals surface area contributed by atoms with Crippen molar-refractivity contribution in [1.29, 1.82) is 0 Å². The summed E-state index contributed by atoms with van der Waals surface area (Å²) in [4.78, 5) is 42.3. The van der Waals surface area contributed by atoms with Gasteiger partial charge in [0.15, 0.2) is 0 Å². The molecule has 0 spiro atoms. The molecule has 0 atom stereocenters. The van der Waals surface area contributed by atoms with Crippen LogP contribution in [0.3, 0.4) is 0 Å². The van der Waals surface area contributed by atoms with Crippen molar-refractivity contribution in [3.05, 3.63) is 78.0 Å². The van der Waals surface area contributed by atoms with Gasteiger partial charge in [-0.05, 0) is 74.1 Å².